The number of nitrogens with zero attached hydrogens (tertiary/aromatic N) is 2. The molecule has 0 fully saturated rings. The number of carboxylic acids is 1. The normalized spacial score (nSPS) is 12.4. The molecule has 0 spiro atoms. The van der Waals surface area contributed by atoms with Crippen LogP contribution in [-0.4, -0.2) is 21.0 Å². The number of carboxylic acid groups (broad SMARTS) is 1. The first-order valence-corrected chi connectivity index (χ1v) is 6.16. The average Bonchev–Trinajstić information content (AvgIpc) is 2.79. The van der Waals surface area contributed by atoms with Gasteiger partial charge < -0.3 is 9.52 Å². The summed E-state index contributed by atoms with van der Waals surface area (Å²) in [6.07, 6.45) is 1.59. The molecule has 3 rings (SSSR count). The van der Waals surface area contributed by atoms with Crippen LogP contribution in [0, 0.1) is 6.92 Å². The molecule has 0 aliphatic carbocycles. The van der Waals surface area contributed by atoms with Gasteiger partial charge in [-0.05, 0) is 29.8 Å². The fourth-order valence-corrected chi connectivity index (χ4v) is 2.23. The second-order valence-electron chi connectivity index (χ2n) is 4.49. The average molecular weight is 268 g/mol. The maximum atomic E-state index is 11.6. The molecule has 0 saturated carbocycles. The number of rotatable bonds is 3. The molecule has 1 aromatic carbocycles. The molecule has 0 aliphatic rings. The van der Waals surface area contributed by atoms with Crippen LogP contribution in [0.4, 0.5) is 0 Å². The van der Waals surface area contributed by atoms with E-state index >= 15 is 0 Å². The summed E-state index contributed by atoms with van der Waals surface area (Å²) < 4.78 is 5.39. The predicted molar refractivity (Wildman–Crippen MR) is 72.5 cm³/mol. The van der Waals surface area contributed by atoms with Gasteiger partial charge in [0.05, 0.1) is 5.69 Å². The molecule has 2 aromatic heterocycles. The quantitative estimate of drug-likeness (QED) is 0.790. The summed E-state index contributed by atoms with van der Waals surface area (Å²) in [5.74, 6) is -1.19. The Balaban J connectivity index is 2.12. The largest absolute Gasteiger partial charge is 0.480 e. The zero-order chi connectivity index (χ0) is 14.1. The molecular formula is C15H12N2O3. The van der Waals surface area contributed by atoms with Gasteiger partial charge in [0.15, 0.2) is 11.5 Å². The molecule has 1 unspecified atom stereocenters. The van der Waals surface area contributed by atoms with E-state index in [1.165, 1.54) is 0 Å². The van der Waals surface area contributed by atoms with E-state index in [2.05, 4.69) is 9.97 Å². The van der Waals surface area contributed by atoms with Crippen molar-refractivity contribution in [3.05, 3.63) is 59.7 Å². The third kappa shape index (κ3) is 2.14. The number of aryl methyl sites for hydroxylation is 1. The number of fused-ring (bicyclic) bond motifs is 1. The molecule has 0 aliphatic heterocycles. The van der Waals surface area contributed by atoms with Crippen LogP contribution in [0.3, 0.4) is 0 Å². The van der Waals surface area contributed by atoms with Crippen molar-refractivity contribution in [2.24, 2.45) is 0 Å². The highest BCUT2D eigenvalue weighted by Crippen LogP contribution is 2.26. The van der Waals surface area contributed by atoms with Crippen LogP contribution >= 0.6 is 0 Å². The highest BCUT2D eigenvalue weighted by Gasteiger charge is 2.24. The Morgan fingerprint density at radius 1 is 1.30 bits per heavy atom. The van der Waals surface area contributed by atoms with Crippen LogP contribution in [0.1, 0.15) is 23.1 Å². The monoisotopic (exact) mass is 268 g/mol. The Labute approximate surface area is 114 Å². The summed E-state index contributed by atoms with van der Waals surface area (Å²) in [4.78, 5) is 19.9. The number of benzene rings is 1. The second-order valence-corrected chi connectivity index (χ2v) is 4.49. The lowest BCUT2D eigenvalue weighted by Crippen LogP contribution is -2.14. The van der Waals surface area contributed by atoms with Crippen LogP contribution in [0.2, 0.25) is 0 Å². The number of hydrogen-bond acceptors (Lipinski definition) is 4. The van der Waals surface area contributed by atoms with Gasteiger partial charge >= 0.3 is 5.97 Å². The summed E-state index contributed by atoms with van der Waals surface area (Å²) in [6.45, 7) is 1.76. The SMILES string of the molecule is Cc1nc2cc(C(C(=O)O)c3ccccn3)ccc2o1. The zero-order valence-electron chi connectivity index (χ0n) is 10.8. The molecule has 5 nitrogen and oxygen atoms in total. The van der Waals surface area contributed by atoms with Crippen molar-refractivity contribution < 1.29 is 14.3 Å². The fourth-order valence-electron chi connectivity index (χ4n) is 2.23. The van der Waals surface area contributed by atoms with E-state index in [1.807, 2.05) is 0 Å². The van der Waals surface area contributed by atoms with E-state index in [0.717, 1.165) is 0 Å². The Hall–Kier alpha value is -2.69. The smallest absolute Gasteiger partial charge is 0.317 e. The molecule has 1 N–H and O–H groups in total. The topological polar surface area (TPSA) is 76.2 Å². The first kappa shape index (κ1) is 12.3. The molecule has 2 heterocycles. The lowest BCUT2D eigenvalue weighted by Gasteiger charge is -2.11. The van der Waals surface area contributed by atoms with Crippen molar-refractivity contribution in [2.45, 2.75) is 12.8 Å². The number of carbonyl (C=O) groups is 1. The van der Waals surface area contributed by atoms with E-state index in [-0.39, 0.29) is 0 Å². The van der Waals surface area contributed by atoms with E-state index < -0.39 is 11.9 Å². The molecule has 5 heteroatoms. The van der Waals surface area contributed by atoms with Gasteiger partial charge in [-0.3, -0.25) is 9.78 Å². The number of aromatic nitrogens is 2. The van der Waals surface area contributed by atoms with Gasteiger partial charge in [0.1, 0.15) is 11.4 Å². The first-order chi connectivity index (χ1) is 9.65. The molecule has 20 heavy (non-hydrogen) atoms. The van der Waals surface area contributed by atoms with Crippen LogP contribution in [0.5, 0.6) is 0 Å². The van der Waals surface area contributed by atoms with E-state index in [9.17, 15) is 9.90 Å². The molecular weight excluding hydrogens is 256 g/mol. The molecule has 0 bridgehead atoms. The van der Waals surface area contributed by atoms with Gasteiger partial charge in [0, 0.05) is 13.1 Å². The molecule has 0 radical (unpaired) electrons. The van der Waals surface area contributed by atoms with Crippen molar-refractivity contribution in [3.63, 3.8) is 0 Å². The van der Waals surface area contributed by atoms with Crippen LogP contribution < -0.4 is 0 Å². The van der Waals surface area contributed by atoms with Gasteiger partial charge in [-0.2, -0.15) is 0 Å². The van der Waals surface area contributed by atoms with Crippen LogP contribution in [0.15, 0.2) is 47.0 Å². The molecule has 0 amide bonds. The number of pyridine rings is 1. The number of aliphatic carboxylic acids is 1. The Bertz CT molecular complexity index is 765. The summed E-state index contributed by atoms with van der Waals surface area (Å²) >= 11 is 0. The van der Waals surface area contributed by atoms with Crippen molar-refractivity contribution in [2.75, 3.05) is 0 Å². The fraction of sp³-hybridized carbons (Fsp3) is 0.133. The van der Waals surface area contributed by atoms with Gasteiger partial charge in [-0.1, -0.05) is 12.1 Å². The summed E-state index contributed by atoms with van der Waals surface area (Å²) in [5.41, 5.74) is 2.44. The van der Waals surface area contributed by atoms with Crippen molar-refractivity contribution in [3.8, 4) is 0 Å². The van der Waals surface area contributed by atoms with Crippen molar-refractivity contribution in [1.29, 1.82) is 0 Å². The Kier molecular flexibility index (Phi) is 2.95. The van der Waals surface area contributed by atoms with Gasteiger partial charge in [-0.15, -0.1) is 0 Å². The molecule has 1 atom stereocenters. The number of hydrogen-bond donors (Lipinski definition) is 1. The minimum absolute atomic E-state index is 0.500. The second kappa shape index (κ2) is 4.77. The summed E-state index contributed by atoms with van der Waals surface area (Å²) in [7, 11) is 0. The highest BCUT2D eigenvalue weighted by atomic mass is 16.4. The van der Waals surface area contributed by atoms with Gasteiger partial charge in [0.2, 0.25) is 0 Å². The third-order valence-corrected chi connectivity index (χ3v) is 3.08. The maximum absolute atomic E-state index is 11.6. The first-order valence-electron chi connectivity index (χ1n) is 6.16. The zero-order valence-corrected chi connectivity index (χ0v) is 10.8. The summed E-state index contributed by atoms with van der Waals surface area (Å²) in [5, 5.41) is 9.47. The predicted octanol–water partition coefficient (Wildman–Crippen LogP) is 2.75. The minimum atomic E-state index is -0.941. The molecule has 3 aromatic rings. The van der Waals surface area contributed by atoms with Crippen LogP contribution in [0.25, 0.3) is 11.1 Å². The van der Waals surface area contributed by atoms with Crippen molar-refractivity contribution >= 4 is 17.1 Å². The summed E-state index contributed by atoms with van der Waals surface area (Å²) in [6, 6.07) is 10.4. The maximum Gasteiger partial charge on any atom is 0.317 e. The lowest BCUT2D eigenvalue weighted by atomic mass is 9.95. The lowest BCUT2D eigenvalue weighted by molar-refractivity contribution is -0.137. The third-order valence-electron chi connectivity index (χ3n) is 3.08. The highest BCUT2D eigenvalue weighted by molar-refractivity contribution is 5.82. The van der Waals surface area contributed by atoms with Gasteiger partial charge in [-0.25, -0.2) is 4.98 Å². The van der Waals surface area contributed by atoms with Gasteiger partial charge in [0.25, 0.3) is 0 Å². The van der Waals surface area contributed by atoms with E-state index in [1.54, 1.807) is 49.5 Å². The van der Waals surface area contributed by atoms with Crippen molar-refractivity contribution in [1.82, 2.24) is 9.97 Å². The molecule has 100 valence electrons. The van der Waals surface area contributed by atoms with Crippen LogP contribution in [-0.2, 0) is 4.79 Å². The Morgan fingerprint density at radius 2 is 2.15 bits per heavy atom. The molecule has 0 saturated heterocycles. The minimum Gasteiger partial charge on any atom is -0.480 e. The Morgan fingerprint density at radius 3 is 2.85 bits per heavy atom. The van der Waals surface area contributed by atoms with E-state index in [4.69, 9.17) is 4.42 Å². The standard InChI is InChI=1S/C15H12N2O3/c1-9-17-12-8-10(5-6-13(12)20-9)14(15(18)19)11-4-2-3-7-16-11/h2-8,14H,1H3,(H,18,19). The number of oxazole rings is 1. The van der Waals surface area contributed by atoms with E-state index in [0.29, 0.717) is 28.2 Å².